The first kappa shape index (κ1) is 13.7. The van der Waals surface area contributed by atoms with E-state index in [0.717, 1.165) is 19.3 Å². The highest BCUT2D eigenvalue weighted by Crippen LogP contribution is 2.43. The molecule has 0 aromatic heterocycles. The quantitative estimate of drug-likeness (QED) is 0.823. The molecule has 104 valence electrons. The number of nitrogens with two attached hydrogens (primary N) is 1. The summed E-state index contributed by atoms with van der Waals surface area (Å²) in [5, 5.41) is 2.97. The molecular formula is C15H22N2O2. The molecule has 1 unspecified atom stereocenters. The lowest BCUT2D eigenvalue weighted by molar-refractivity contribution is -0.122. The van der Waals surface area contributed by atoms with Gasteiger partial charge < -0.3 is 15.8 Å². The first-order chi connectivity index (χ1) is 8.94. The average Bonchev–Trinajstić information content (AvgIpc) is 2.71. The van der Waals surface area contributed by atoms with E-state index in [1.807, 2.05) is 0 Å². The Balaban J connectivity index is 2.15. The van der Waals surface area contributed by atoms with Crippen molar-refractivity contribution in [3.8, 4) is 5.75 Å². The second kappa shape index (κ2) is 5.11. The molecule has 0 saturated heterocycles. The van der Waals surface area contributed by atoms with Crippen molar-refractivity contribution >= 4 is 17.3 Å². The van der Waals surface area contributed by atoms with E-state index in [9.17, 15) is 4.79 Å². The number of hydrogen-bond donors (Lipinski definition) is 2. The van der Waals surface area contributed by atoms with Gasteiger partial charge in [-0.2, -0.15) is 0 Å². The lowest BCUT2D eigenvalue weighted by Crippen LogP contribution is -2.30. The zero-order valence-corrected chi connectivity index (χ0v) is 11.8. The summed E-state index contributed by atoms with van der Waals surface area (Å²) in [6.07, 6.45) is 3.17. The number of methoxy groups -OCH3 is 1. The van der Waals surface area contributed by atoms with Crippen molar-refractivity contribution in [3.63, 3.8) is 0 Å². The summed E-state index contributed by atoms with van der Waals surface area (Å²) < 4.78 is 5.25. The topological polar surface area (TPSA) is 64.3 Å². The fraction of sp³-hybridized carbons (Fsp3) is 0.533. The number of benzene rings is 1. The summed E-state index contributed by atoms with van der Waals surface area (Å²) in [5.41, 5.74) is 7.09. The van der Waals surface area contributed by atoms with Crippen molar-refractivity contribution in [1.29, 1.82) is 0 Å². The standard InChI is InChI=1S/C15H22N2O2/c1-15(2)8-4-5-11(15)14(18)17-12-7-6-10(16)9-13(12)19-3/h6-7,9,11H,4-5,8,16H2,1-3H3,(H,17,18). The maximum absolute atomic E-state index is 12.4. The SMILES string of the molecule is COc1cc(N)ccc1NC(=O)C1CCCC1(C)C. The Kier molecular flexibility index (Phi) is 3.69. The van der Waals surface area contributed by atoms with Gasteiger partial charge in [-0.3, -0.25) is 4.79 Å². The Morgan fingerprint density at radius 1 is 1.47 bits per heavy atom. The lowest BCUT2D eigenvalue weighted by atomic mass is 9.81. The minimum atomic E-state index is 0.0646. The molecule has 1 fully saturated rings. The number of carbonyl (C=O) groups is 1. The van der Waals surface area contributed by atoms with Crippen molar-refractivity contribution in [2.75, 3.05) is 18.2 Å². The van der Waals surface area contributed by atoms with E-state index in [0.29, 0.717) is 17.1 Å². The third-order valence-corrected chi connectivity index (χ3v) is 4.06. The van der Waals surface area contributed by atoms with Gasteiger partial charge in [0.25, 0.3) is 0 Å². The molecule has 1 saturated carbocycles. The van der Waals surface area contributed by atoms with Crippen LogP contribution >= 0.6 is 0 Å². The maximum Gasteiger partial charge on any atom is 0.228 e. The maximum atomic E-state index is 12.4. The second-order valence-electron chi connectivity index (χ2n) is 5.88. The minimum Gasteiger partial charge on any atom is -0.494 e. The zero-order chi connectivity index (χ0) is 14.0. The summed E-state index contributed by atoms with van der Waals surface area (Å²) in [5.74, 6) is 0.740. The van der Waals surface area contributed by atoms with Crippen LogP contribution in [-0.4, -0.2) is 13.0 Å². The molecule has 0 bridgehead atoms. The van der Waals surface area contributed by atoms with Gasteiger partial charge in [-0.15, -0.1) is 0 Å². The van der Waals surface area contributed by atoms with Gasteiger partial charge in [-0.25, -0.2) is 0 Å². The summed E-state index contributed by atoms with van der Waals surface area (Å²) in [4.78, 5) is 12.4. The van der Waals surface area contributed by atoms with E-state index in [1.165, 1.54) is 0 Å². The fourth-order valence-electron chi connectivity index (χ4n) is 2.84. The number of anilines is 2. The molecule has 4 heteroatoms. The van der Waals surface area contributed by atoms with E-state index < -0.39 is 0 Å². The van der Waals surface area contributed by atoms with Crippen molar-refractivity contribution in [1.82, 2.24) is 0 Å². The first-order valence-corrected chi connectivity index (χ1v) is 6.68. The van der Waals surface area contributed by atoms with Crippen molar-refractivity contribution in [2.24, 2.45) is 11.3 Å². The number of carbonyl (C=O) groups excluding carboxylic acids is 1. The lowest BCUT2D eigenvalue weighted by Gasteiger charge is -2.26. The van der Waals surface area contributed by atoms with Crippen LogP contribution in [0.15, 0.2) is 18.2 Å². The molecule has 0 aliphatic heterocycles. The van der Waals surface area contributed by atoms with Gasteiger partial charge in [0.2, 0.25) is 5.91 Å². The number of hydrogen-bond acceptors (Lipinski definition) is 3. The predicted octanol–water partition coefficient (Wildman–Crippen LogP) is 3.04. The summed E-state index contributed by atoms with van der Waals surface area (Å²) >= 11 is 0. The molecule has 1 aromatic rings. The summed E-state index contributed by atoms with van der Waals surface area (Å²) in [6, 6.07) is 5.27. The van der Waals surface area contributed by atoms with Gasteiger partial charge in [-0.1, -0.05) is 20.3 Å². The van der Waals surface area contributed by atoms with Gasteiger partial charge in [0.1, 0.15) is 5.75 Å². The highest BCUT2D eigenvalue weighted by atomic mass is 16.5. The van der Waals surface area contributed by atoms with Crippen LogP contribution in [0.25, 0.3) is 0 Å². The summed E-state index contributed by atoms with van der Waals surface area (Å²) in [6.45, 7) is 4.31. The number of nitrogens with one attached hydrogen (secondary N) is 1. The van der Waals surface area contributed by atoms with Gasteiger partial charge in [-0.05, 0) is 30.4 Å². The Labute approximate surface area is 114 Å². The molecule has 1 amide bonds. The molecule has 1 aliphatic rings. The molecule has 1 aliphatic carbocycles. The average molecular weight is 262 g/mol. The first-order valence-electron chi connectivity index (χ1n) is 6.68. The van der Waals surface area contributed by atoms with Crippen LogP contribution < -0.4 is 15.8 Å². The van der Waals surface area contributed by atoms with E-state index in [-0.39, 0.29) is 17.2 Å². The molecule has 19 heavy (non-hydrogen) atoms. The molecule has 0 spiro atoms. The van der Waals surface area contributed by atoms with Crippen LogP contribution in [0.3, 0.4) is 0 Å². The third kappa shape index (κ3) is 2.83. The van der Waals surface area contributed by atoms with Gasteiger partial charge in [0.15, 0.2) is 0 Å². The van der Waals surface area contributed by atoms with Crippen LogP contribution in [0.5, 0.6) is 5.75 Å². The van der Waals surface area contributed by atoms with E-state index >= 15 is 0 Å². The Morgan fingerprint density at radius 2 is 2.21 bits per heavy atom. The highest BCUT2D eigenvalue weighted by molar-refractivity contribution is 5.94. The fourth-order valence-corrected chi connectivity index (χ4v) is 2.84. The number of ether oxygens (including phenoxy) is 1. The van der Waals surface area contributed by atoms with Crippen LogP contribution in [0, 0.1) is 11.3 Å². The van der Waals surface area contributed by atoms with Crippen molar-refractivity contribution in [3.05, 3.63) is 18.2 Å². The molecule has 3 N–H and O–H groups in total. The summed E-state index contributed by atoms with van der Waals surface area (Å²) in [7, 11) is 1.57. The number of rotatable bonds is 3. The zero-order valence-electron chi connectivity index (χ0n) is 11.8. The van der Waals surface area contributed by atoms with Gasteiger partial charge in [0, 0.05) is 17.7 Å². The van der Waals surface area contributed by atoms with E-state index in [2.05, 4.69) is 19.2 Å². The van der Waals surface area contributed by atoms with Crippen molar-refractivity contribution in [2.45, 2.75) is 33.1 Å². The molecule has 2 rings (SSSR count). The smallest absolute Gasteiger partial charge is 0.228 e. The highest BCUT2D eigenvalue weighted by Gasteiger charge is 2.39. The van der Waals surface area contributed by atoms with Crippen molar-refractivity contribution < 1.29 is 9.53 Å². The predicted molar refractivity (Wildman–Crippen MR) is 77.2 cm³/mol. The monoisotopic (exact) mass is 262 g/mol. The van der Waals surface area contributed by atoms with E-state index in [1.54, 1.807) is 25.3 Å². The molecular weight excluding hydrogens is 240 g/mol. The van der Waals surface area contributed by atoms with Crippen LogP contribution in [0.1, 0.15) is 33.1 Å². The van der Waals surface area contributed by atoms with Gasteiger partial charge >= 0.3 is 0 Å². The Bertz CT molecular complexity index is 483. The molecule has 1 atom stereocenters. The number of nitrogen functional groups attached to an aromatic ring is 1. The van der Waals surface area contributed by atoms with E-state index in [4.69, 9.17) is 10.5 Å². The van der Waals surface area contributed by atoms with Gasteiger partial charge in [0.05, 0.1) is 12.8 Å². The molecule has 0 radical (unpaired) electrons. The Morgan fingerprint density at radius 3 is 2.79 bits per heavy atom. The van der Waals surface area contributed by atoms with Crippen LogP contribution in [-0.2, 0) is 4.79 Å². The molecule has 0 heterocycles. The number of amides is 1. The van der Waals surface area contributed by atoms with Crippen LogP contribution in [0.2, 0.25) is 0 Å². The normalized spacial score (nSPS) is 21.1. The second-order valence-corrected chi connectivity index (χ2v) is 5.88. The molecule has 4 nitrogen and oxygen atoms in total. The third-order valence-electron chi connectivity index (χ3n) is 4.06. The Hall–Kier alpha value is -1.71. The molecule has 1 aromatic carbocycles. The largest absolute Gasteiger partial charge is 0.494 e. The van der Waals surface area contributed by atoms with Crippen LogP contribution in [0.4, 0.5) is 11.4 Å². The minimum absolute atomic E-state index is 0.0646.